The second-order valence-electron chi connectivity index (χ2n) is 8.56. The van der Waals surface area contributed by atoms with Crippen molar-refractivity contribution in [3.8, 4) is 5.69 Å². The number of rotatable bonds is 5. The number of halogens is 1. The van der Waals surface area contributed by atoms with Crippen LogP contribution in [0.2, 0.25) is 0 Å². The van der Waals surface area contributed by atoms with Gasteiger partial charge in [-0.15, -0.1) is 0 Å². The van der Waals surface area contributed by atoms with E-state index in [4.69, 9.17) is 17.0 Å². The van der Waals surface area contributed by atoms with Gasteiger partial charge in [0.15, 0.2) is 5.11 Å². The Kier molecular flexibility index (Phi) is 5.69. The standard InChI is InChI=1S/C25H27FN4OS/c1-16-13-21(17(2)30(16)19-8-5-7-18(26)14-19)24-23(22-10-3-4-11-27-22)28-25(32)29(24)15-20-9-6-12-31-20/h3-5,7-8,10-11,13-14,20,23-24H,6,9,12,15H2,1-2H3,(H,28,32)/t20-,23+,24-/m1/s1. The molecule has 2 fully saturated rings. The molecule has 32 heavy (non-hydrogen) atoms. The molecule has 2 aliphatic heterocycles. The van der Waals surface area contributed by atoms with Crippen LogP contribution in [0.3, 0.4) is 0 Å². The van der Waals surface area contributed by atoms with Gasteiger partial charge in [0.25, 0.3) is 0 Å². The van der Waals surface area contributed by atoms with E-state index in [2.05, 4.69) is 39.7 Å². The summed E-state index contributed by atoms with van der Waals surface area (Å²) in [6.45, 7) is 5.70. The van der Waals surface area contributed by atoms with E-state index in [0.29, 0.717) is 0 Å². The summed E-state index contributed by atoms with van der Waals surface area (Å²) in [7, 11) is 0. The van der Waals surface area contributed by atoms with Crippen molar-refractivity contribution in [1.29, 1.82) is 0 Å². The van der Waals surface area contributed by atoms with Crippen molar-refractivity contribution in [3.63, 3.8) is 0 Å². The van der Waals surface area contributed by atoms with Gasteiger partial charge in [-0.3, -0.25) is 4.98 Å². The maximum Gasteiger partial charge on any atom is 0.170 e. The monoisotopic (exact) mass is 450 g/mol. The van der Waals surface area contributed by atoms with Crippen molar-refractivity contribution in [2.24, 2.45) is 0 Å². The van der Waals surface area contributed by atoms with Crippen LogP contribution >= 0.6 is 12.2 Å². The topological polar surface area (TPSA) is 42.3 Å². The minimum Gasteiger partial charge on any atom is -0.376 e. The van der Waals surface area contributed by atoms with Crippen molar-refractivity contribution >= 4 is 17.3 Å². The van der Waals surface area contributed by atoms with Crippen LogP contribution in [0.4, 0.5) is 4.39 Å². The lowest BCUT2D eigenvalue weighted by Crippen LogP contribution is -2.36. The zero-order chi connectivity index (χ0) is 22.2. The Labute approximate surface area is 193 Å². The predicted molar refractivity (Wildman–Crippen MR) is 126 cm³/mol. The molecule has 1 N–H and O–H groups in total. The first-order valence-electron chi connectivity index (χ1n) is 11.1. The van der Waals surface area contributed by atoms with Crippen LogP contribution < -0.4 is 5.32 Å². The number of pyridine rings is 1. The first-order valence-corrected chi connectivity index (χ1v) is 11.5. The molecular formula is C25H27FN4OS. The number of nitrogens with zero attached hydrogens (tertiary/aromatic N) is 3. The van der Waals surface area contributed by atoms with E-state index in [1.165, 1.54) is 6.07 Å². The van der Waals surface area contributed by atoms with Gasteiger partial charge in [-0.25, -0.2) is 4.39 Å². The Balaban J connectivity index is 1.59. The normalized spacial score (nSPS) is 23.0. The third kappa shape index (κ3) is 3.80. The summed E-state index contributed by atoms with van der Waals surface area (Å²) in [5.41, 5.74) is 5.05. The summed E-state index contributed by atoms with van der Waals surface area (Å²) in [4.78, 5) is 6.88. The summed E-state index contributed by atoms with van der Waals surface area (Å²) in [5.74, 6) is -0.244. The Morgan fingerprint density at radius 2 is 2.06 bits per heavy atom. The van der Waals surface area contributed by atoms with Crippen molar-refractivity contribution in [3.05, 3.63) is 83.2 Å². The minimum absolute atomic E-state index is 0.0323. The molecule has 0 bridgehead atoms. The van der Waals surface area contributed by atoms with E-state index in [1.807, 2.05) is 30.5 Å². The lowest BCUT2D eigenvalue weighted by atomic mass is 9.96. The average molecular weight is 451 g/mol. The molecule has 2 saturated heterocycles. The van der Waals surface area contributed by atoms with Crippen molar-refractivity contribution in [2.45, 2.75) is 44.9 Å². The molecule has 3 aromatic rings. The molecule has 2 aromatic heterocycles. The largest absolute Gasteiger partial charge is 0.376 e. The van der Waals surface area contributed by atoms with Gasteiger partial charge in [-0.2, -0.15) is 0 Å². The summed E-state index contributed by atoms with van der Waals surface area (Å²) in [5, 5.41) is 4.24. The van der Waals surface area contributed by atoms with Gasteiger partial charge < -0.3 is 19.5 Å². The van der Waals surface area contributed by atoms with Crippen LogP contribution in [0.1, 0.15) is 47.6 Å². The Bertz CT molecular complexity index is 1130. The van der Waals surface area contributed by atoms with Crippen LogP contribution in [0.5, 0.6) is 0 Å². The number of benzene rings is 1. The molecule has 5 nitrogen and oxygen atoms in total. The lowest BCUT2D eigenvalue weighted by Gasteiger charge is -2.30. The molecule has 3 atom stereocenters. The molecule has 0 radical (unpaired) electrons. The van der Waals surface area contributed by atoms with E-state index < -0.39 is 0 Å². The first-order chi connectivity index (χ1) is 15.5. The highest BCUT2D eigenvalue weighted by Crippen LogP contribution is 2.42. The molecule has 2 aliphatic rings. The molecule has 0 saturated carbocycles. The van der Waals surface area contributed by atoms with E-state index in [-0.39, 0.29) is 24.0 Å². The van der Waals surface area contributed by atoms with E-state index in [0.717, 1.165) is 59.4 Å². The molecule has 0 amide bonds. The minimum atomic E-state index is -0.244. The fourth-order valence-corrected chi connectivity index (χ4v) is 5.36. The van der Waals surface area contributed by atoms with E-state index in [9.17, 15) is 4.39 Å². The number of ether oxygens (including phenoxy) is 1. The molecule has 4 heterocycles. The van der Waals surface area contributed by atoms with Gasteiger partial charge in [0.2, 0.25) is 0 Å². The van der Waals surface area contributed by atoms with E-state index >= 15 is 0 Å². The maximum absolute atomic E-state index is 14.0. The SMILES string of the molecule is Cc1cc([C@@H]2[C@H](c3ccccn3)NC(=S)N2C[C@H]2CCCO2)c(C)n1-c1cccc(F)c1. The van der Waals surface area contributed by atoms with Crippen molar-refractivity contribution in [2.75, 3.05) is 13.2 Å². The van der Waals surface area contributed by atoms with Gasteiger partial charge in [0, 0.05) is 36.4 Å². The third-order valence-electron chi connectivity index (χ3n) is 6.48. The second-order valence-corrected chi connectivity index (χ2v) is 8.94. The van der Waals surface area contributed by atoms with Gasteiger partial charge in [0.1, 0.15) is 5.82 Å². The Morgan fingerprint density at radius 1 is 1.19 bits per heavy atom. The van der Waals surface area contributed by atoms with Crippen molar-refractivity contribution < 1.29 is 9.13 Å². The molecule has 7 heteroatoms. The molecule has 5 rings (SSSR count). The molecule has 166 valence electrons. The van der Waals surface area contributed by atoms with Gasteiger partial charge in [-0.05, 0) is 80.9 Å². The highest BCUT2D eigenvalue weighted by atomic mass is 32.1. The predicted octanol–water partition coefficient (Wildman–Crippen LogP) is 4.78. The second kappa shape index (κ2) is 8.64. The Hall–Kier alpha value is -2.77. The lowest BCUT2D eigenvalue weighted by molar-refractivity contribution is 0.0842. The van der Waals surface area contributed by atoms with Crippen LogP contribution in [0.15, 0.2) is 54.7 Å². The number of nitrogens with one attached hydrogen (secondary N) is 1. The maximum atomic E-state index is 14.0. The average Bonchev–Trinajstić information content (AvgIpc) is 3.48. The third-order valence-corrected chi connectivity index (χ3v) is 6.83. The summed E-state index contributed by atoms with van der Waals surface area (Å²) in [6.07, 6.45) is 4.12. The molecule has 0 unspecified atom stereocenters. The van der Waals surface area contributed by atoms with Crippen LogP contribution in [0, 0.1) is 19.7 Å². The Morgan fingerprint density at radius 3 is 2.78 bits per heavy atom. The van der Waals surface area contributed by atoms with Gasteiger partial charge >= 0.3 is 0 Å². The summed E-state index contributed by atoms with van der Waals surface area (Å²) < 4.78 is 22.0. The fraction of sp³-hybridized carbons (Fsp3) is 0.360. The number of thiocarbonyl (C=S) groups is 1. The summed E-state index contributed by atoms with van der Waals surface area (Å²) in [6, 6.07) is 14.8. The molecular weight excluding hydrogens is 423 g/mol. The number of aryl methyl sites for hydroxylation is 1. The van der Waals surface area contributed by atoms with Crippen LogP contribution in [-0.4, -0.2) is 38.8 Å². The van der Waals surface area contributed by atoms with Crippen molar-refractivity contribution in [1.82, 2.24) is 19.8 Å². The van der Waals surface area contributed by atoms with Gasteiger partial charge in [0.05, 0.1) is 23.9 Å². The zero-order valence-electron chi connectivity index (χ0n) is 18.3. The number of hydrogen-bond donors (Lipinski definition) is 1. The first kappa shape index (κ1) is 21.1. The number of hydrogen-bond acceptors (Lipinski definition) is 3. The quantitative estimate of drug-likeness (QED) is 0.567. The van der Waals surface area contributed by atoms with E-state index in [1.54, 1.807) is 12.1 Å². The highest BCUT2D eigenvalue weighted by molar-refractivity contribution is 7.80. The summed E-state index contributed by atoms with van der Waals surface area (Å²) >= 11 is 5.80. The molecule has 1 aromatic carbocycles. The van der Waals surface area contributed by atoms with Gasteiger partial charge in [-0.1, -0.05) is 12.1 Å². The van der Waals surface area contributed by atoms with Crippen LogP contribution in [0.25, 0.3) is 5.69 Å². The molecule has 0 aliphatic carbocycles. The highest BCUT2D eigenvalue weighted by Gasteiger charge is 2.42. The smallest absolute Gasteiger partial charge is 0.170 e. The molecule has 0 spiro atoms. The van der Waals surface area contributed by atoms with Crippen LogP contribution in [-0.2, 0) is 4.74 Å². The number of aromatic nitrogens is 2. The fourth-order valence-electron chi connectivity index (χ4n) is 5.05. The zero-order valence-corrected chi connectivity index (χ0v) is 19.1.